The molecule has 0 bridgehead atoms. The second-order valence-electron chi connectivity index (χ2n) is 7.54. The van der Waals surface area contributed by atoms with Crippen LogP contribution in [0.4, 0.5) is 4.79 Å². The van der Waals surface area contributed by atoms with E-state index >= 15 is 0 Å². The van der Waals surface area contributed by atoms with Crippen molar-refractivity contribution in [1.29, 1.82) is 0 Å². The zero-order valence-corrected chi connectivity index (χ0v) is 16.5. The van der Waals surface area contributed by atoms with Gasteiger partial charge in [-0.3, -0.25) is 4.79 Å². The number of hydrogen-bond acceptors (Lipinski definition) is 2. The summed E-state index contributed by atoms with van der Waals surface area (Å²) in [5.74, 6) is 0.346. The first-order valence-corrected chi connectivity index (χ1v) is 10.0. The molecule has 3 N–H and O–H groups in total. The van der Waals surface area contributed by atoms with Gasteiger partial charge in [-0.1, -0.05) is 66.9 Å². The van der Waals surface area contributed by atoms with Crippen molar-refractivity contribution < 1.29 is 9.59 Å². The van der Waals surface area contributed by atoms with Gasteiger partial charge in [0.15, 0.2) is 0 Å². The summed E-state index contributed by atoms with van der Waals surface area (Å²) < 4.78 is 0. The summed E-state index contributed by atoms with van der Waals surface area (Å²) in [6.45, 7) is 3.52. The van der Waals surface area contributed by atoms with Crippen LogP contribution >= 0.6 is 0 Å². The van der Waals surface area contributed by atoms with Crippen molar-refractivity contribution >= 4 is 11.9 Å². The summed E-state index contributed by atoms with van der Waals surface area (Å²) in [5.41, 5.74) is 4.33. The van der Waals surface area contributed by atoms with Crippen molar-refractivity contribution in [1.82, 2.24) is 16.0 Å². The maximum Gasteiger partial charge on any atom is 0.315 e. The van der Waals surface area contributed by atoms with E-state index in [4.69, 9.17) is 0 Å². The van der Waals surface area contributed by atoms with Gasteiger partial charge in [0.1, 0.15) is 0 Å². The SMILES string of the molecule is Cc1ccc(CNC(=O)NCc2cccc(CNC(=O)C3CCCC3)c2)cc1. The minimum atomic E-state index is -0.194. The third-order valence-electron chi connectivity index (χ3n) is 5.21. The van der Waals surface area contributed by atoms with Gasteiger partial charge < -0.3 is 16.0 Å². The molecule has 0 saturated heterocycles. The van der Waals surface area contributed by atoms with Gasteiger partial charge in [0, 0.05) is 25.6 Å². The maximum absolute atomic E-state index is 12.1. The van der Waals surface area contributed by atoms with Gasteiger partial charge >= 0.3 is 6.03 Å². The molecule has 5 heteroatoms. The molecule has 2 aromatic carbocycles. The van der Waals surface area contributed by atoms with Crippen LogP contribution in [0.25, 0.3) is 0 Å². The molecule has 28 heavy (non-hydrogen) atoms. The van der Waals surface area contributed by atoms with Crippen molar-refractivity contribution in [2.24, 2.45) is 5.92 Å². The predicted molar refractivity (Wildman–Crippen MR) is 111 cm³/mol. The van der Waals surface area contributed by atoms with Gasteiger partial charge in [0.2, 0.25) is 5.91 Å². The van der Waals surface area contributed by atoms with Crippen molar-refractivity contribution in [3.63, 3.8) is 0 Å². The highest BCUT2D eigenvalue weighted by Crippen LogP contribution is 2.24. The van der Waals surface area contributed by atoms with Crippen LogP contribution in [0.1, 0.15) is 47.9 Å². The van der Waals surface area contributed by atoms with Crippen molar-refractivity contribution in [3.05, 3.63) is 70.8 Å². The third-order valence-corrected chi connectivity index (χ3v) is 5.21. The van der Waals surface area contributed by atoms with Gasteiger partial charge in [-0.25, -0.2) is 4.79 Å². The van der Waals surface area contributed by atoms with E-state index in [9.17, 15) is 9.59 Å². The molecule has 1 aliphatic carbocycles. The molecule has 148 valence electrons. The summed E-state index contributed by atoms with van der Waals surface area (Å²) >= 11 is 0. The Kier molecular flexibility index (Phi) is 7.06. The van der Waals surface area contributed by atoms with Gasteiger partial charge in [-0.15, -0.1) is 0 Å². The third kappa shape index (κ3) is 6.12. The first kappa shape index (κ1) is 19.9. The fourth-order valence-electron chi connectivity index (χ4n) is 3.50. The lowest BCUT2D eigenvalue weighted by atomic mass is 10.1. The Morgan fingerprint density at radius 2 is 1.39 bits per heavy atom. The van der Waals surface area contributed by atoms with E-state index in [1.807, 2.05) is 55.5 Å². The molecule has 0 radical (unpaired) electrons. The molecule has 0 spiro atoms. The molecular weight excluding hydrogens is 350 g/mol. The molecule has 3 rings (SSSR count). The van der Waals surface area contributed by atoms with Crippen LogP contribution in [-0.2, 0) is 24.4 Å². The van der Waals surface area contributed by atoms with Gasteiger partial charge in [0.25, 0.3) is 0 Å². The van der Waals surface area contributed by atoms with E-state index in [1.165, 1.54) is 5.56 Å². The average molecular weight is 380 g/mol. The normalized spacial score (nSPS) is 13.9. The highest BCUT2D eigenvalue weighted by molar-refractivity contribution is 5.78. The molecular formula is C23H29N3O2. The van der Waals surface area contributed by atoms with E-state index in [0.717, 1.165) is 42.4 Å². The van der Waals surface area contributed by atoms with E-state index in [2.05, 4.69) is 16.0 Å². The van der Waals surface area contributed by atoms with Gasteiger partial charge in [-0.05, 0) is 36.5 Å². The molecule has 2 aromatic rings. The summed E-state index contributed by atoms with van der Waals surface area (Å²) in [5, 5.41) is 8.78. The van der Waals surface area contributed by atoms with Crippen LogP contribution in [-0.4, -0.2) is 11.9 Å². The van der Waals surface area contributed by atoms with E-state index in [1.54, 1.807) is 0 Å². The lowest BCUT2D eigenvalue weighted by molar-refractivity contribution is -0.124. The zero-order chi connectivity index (χ0) is 19.8. The van der Waals surface area contributed by atoms with Crippen molar-refractivity contribution in [2.75, 3.05) is 0 Å². The number of aryl methyl sites for hydroxylation is 1. The molecule has 0 aromatic heterocycles. The number of rotatable bonds is 7. The van der Waals surface area contributed by atoms with Crippen LogP contribution in [0.2, 0.25) is 0 Å². The van der Waals surface area contributed by atoms with Crippen molar-refractivity contribution in [2.45, 2.75) is 52.2 Å². The van der Waals surface area contributed by atoms with Gasteiger partial charge in [0.05, 0.1) is 0 Å². The molecule has 0 unspecified atom stereocenters. The smallest absolute Gasteiger partial charge is 0.315 e. The Bertz CT molecular complexity index is 796. The molecule has 1 aliphatic rings. The van der Waals surface area contributed by atoms with E-state index in [0.29, 0.717) is 19.6 Å². The minimum absolute atomic E-state index is 0.163. The summed E-state index contributed by atoms with van der Waals surface area (Å²) in [4.78, 5) is 24.2. The first-order chi connectivity index (χ1) is 13.6. The Hall–Kier alpha value is -2.82. The van der Waals surface area contributed by atoms with Gasteiger partial charge in [-0.2, -0.15) is 0 Å². The summed E-state index contributed by atoms with van der Waals surface area (Å²) in [7, 11) is 0. The zero-order valence-electron chi connectivity index (χ0n) is 16.5. The number of carbonyl (C=O) groups excluding carboxylic acids is 2. The molecule has 1 fully saturated rings. The number of urea groups is 1. The van der Waals surface area contributed by atoms with Crippen LogP contribution in [0.5, 0.6) is 0 Å². The number of nitrogens with one attached hydrogen (secondary N) is 3. The average Bonchev–Trinajstić information content (AvgIpc) is 3.25. The summed E-state index contributed by atoms with van der Waals surface area (Å²) in [6.07, 6.45) is 4.33. The Morgan fingerprint density at radius 3 is 2.04 bits per heavy atom. The highest BCUT2D eigenvalue weighted by atomic mass is 16.2. The lowest BCUT2D eigenvalue weighted by Gasteiger charge is -2.12. The van der Waals surface area contributed by atoms with Crippen molar-refractivity contribution in [3.8, 4) is 0 Å². The number of carbonyl (C=O) groups is 2. The largest absolute Gasteiger partial charge is 0.352 e. The number of amides is 3. The topological polar surface area (TPSA) is 70.2 Å². The summed E-state index contributed by atoms with van der Waals surface area (Å²) in [6, 6.07) is 15.8. The van der Waals surface area contributed by atoms with E-state index < -0.39 is 0 Å². The second-order valence-corrected chi connectivity index (χ2v) is 7.54. The van der Waals surface area contributed by atoms with Crippen LogP contribution in [0, 0.1) is 12.8 Å². The monoisotopic (exact) mass is 379 g/mol. The number of hydrogen-bond donors (Lipinski definition) is 3. The fraction of sp³-hybridized carbons (Fsp3) is 0.391. The standard InChI is InChI=1S/C23H29N3O2/c1-17-9-11-18(12-10-17)14-25-23(28)26-16-20-6-4-5-19(13-20)15-24-22(27)21-7-2-3-8-21/h4-6,9-13,21H,2-3,7-8,14-16H2,1H3,(H,24,27)(H2,25,26,28). The molecule has 0 aliphatic heterocycles. The molecule has 0 heterocycles. The predicted octanol–water partition coefficient (Wildman–Crippen LogP) is 3.80. The Morgan fingerprint density at radius 1 is 0.821 bits per heavy atom. The van der Waals surface area contributed by atoms with Crippen LogP contribution < -0.4 is 16.0 Å². The molecule has 0 atom stereocenters. The fourth-order valence-corrected chi connectivity index (χ4v) is 3.50. The Balaban J connectivity index is 1.41. The maximum atomic E-state index is 12.1. The Labute approximate surface area is 166 Å². The van der Waals surface area contributed by atoms with Crippen LogP contribution in [0.3, 0.4) is 0 Å². The quantitative estimate of drug-likeness (QED) is 0.685. The highest BCUT2D eigenvalue weighted by Gasteiger charge is 2.22. The lowest BCUT2D eigenvalue weighted by Crippen LogP contribution is -2.34. The van der Waals surface area contributed by atoms with E-state index in [-0.39, 0.29) is 17.9 Å². The minimum Gasteiger partial charge on any atom is -0.352 e. The second kappa shape index (κ2) is 9.93. The molecule has 3 amide bonds. The molecule has 5 nitrogen and oxygen atoms in total. The number of benzene rings is 2. The molecule has 1 saturated carbocycles. The first-order valence-electron chi connectivity index (χ1n) is 10.0. The van der Waals surface area contributed by atoms with Crippen LogP contribution in [0.15, 0.2) is 48.5 Å².